The topological polar surface area (TPSA) is 86.6 Å². The first-order valence-corrected chi connectivity index (χ1v) is 14.1. The Balaban J connectivity index is 1.33. The number of Topliss-reactive ketones (excluding diaryl/α,β-unsaturated/α-hetero) is 1. The number of aliphatic imine (C=N–C) groups is 1. The quantitative estimate of drug-likeness (QED) is 0.419. The van der Waals surface area contributed by atoms with Crippen molar-refractivity contribution in [2.45, 2.75) is 37.2 Å². The number of carbonyl (C=O) groups is 1. The maximum atomic E-state index is 12.6. The lowest BCUT2D eigenvalue weighted by Crippen LogP contribution is -2.45. The van der Waals surface area contributed by atoms with Gasteiger partial charge in [-0.05, 0) is 53.6 Å². The third-order valence-electron chi connectivity index (χ3n) is 6.92. The monoisotopic (exact) mass is 541 g/mol. The van der Waals surface area contributed by atoms with Gasteiger partial charge in [0.15, 0.2) is 10.9 Å². The van der Waals surface area contributed by atoms with E-state index in [9.17, 15) is 4.79 Å². The number of hydrogen-bond donors (Lipinski definition) is 1. The molecule has 9 heteroatoms. The van der Waals surface area contributed by atoms with Crippen molar-refractivity contribution in [3.05, 3.63) is 77.4 Å². The second kappa shape index (κ2) is 11.7. The Bertz CT molecular complexity index is 1370. The summed E-state index contributed by atoms with van der Waals surface area (Å²) in [5.74, 6) is 2.06. The summed E-state index contributed by atoms with van der Waals surface area (Å²) in [5, 5.41) is 3.95. The average Bonchev–Trinajstić information content (AvgIpc) is 3.40. The first-order chi connectivity index (χ1) is 18.7. The summed E-state index contributed by atoms with van der Waals surface area (Å²) in [6.07, 6.45) is 2.47. The fourth-order valence-electron chi connectivity index (χ4n) is 4.36. The zero-order valence-electron chi connectivity index (χ0n) is 23.0. The minimum atomic E-state index is 0.0654. The van der Waals surface area contributed by atoms with Crippen LogP contribution >= 0.6 is 11.8 Å². The standard InChI is InChI=1S/C30H35N7OS/c1-30(2,3)23-19-26(31-20-23)32-27-33-28(37-16-14-36(4)15-17-37)35-29(34-27)39-24-12-10-21(11-13-24)18-25(38)22-8-6-5-7-9-22/h5-13,19H,14-18,20H2,1-4H3,(H,31,32,33,34,35). The minimum Gasteiger partial charge on any atom is -0.338 e. The lowest BCUT2D eigenvalue weighted by Gasteiger charge is -2.32. The van der Waals surface area contributed by atoms with Crippen LogP contribution in [0.2, 0.25) is 0 Å². The first-order valence-electron chi connectivity index (χ1n) is 13.3. The molecule has 0 bridgehead atoms. The van der Waals surface area contributed by atoms with Gasteiger partial charge in [-0.2, -0.15) is 15.0 Å². The molecule has 0 radical (unpaired) electrons. The fourth-order valence-corrected chi connectivity index (χ4v) is 5.10. The van der Waals surface area contributed by atoms with Gasteiger partial charge >= 0.3 is 0 Å². The van der Waals surface area contributed by atoms with E-state index in [4.69, 9.17) is 15.0 Å². The summed E-state index contributed by atoms with van der Waals surface area (Å²) in [6.45, 7) is 10.9. The lowest BCUT2D eigenvalue weighted by molar-refractivity contribution is 0.0993. The number of ketones is 1. The highest BCUT2D eigenvalue weighted by molar-refractivity contribution is 7.99. The molecule has 202 valence electrons. The summed E-state index contributed by atoms with van der Waals surface area (Å²) in [5.41, 5.74) is 3.05. The number of amidine groups is 1. The van der Waals surface area contributed by atoms with Crippen molar-refractivity contribution in [1.29, 1.82) is 0 Å². The highest BCUT2D eigenvalue weighted by Crippen LogP contribution is 2.30. The van der Waals surface area contributed by atoms with Crippen LogP contribution in [-0.4, -0.2) is 71.2 Å². The Morgan fingerprint density at radius 2 is 1.67 bits per heavy atom. The number of rotatable bonds is 7. The Labute approximate surface area is 234 Å². The average molecular weight is 542 g/mol. The third kappa shape index (κ3) is 7.10. The molecular formula is C30H35N7OS. The highest BCUT2D eigenvalue weighted by Gasteiger charge is 2.23. The predicted molar refractivity (Wildman–Crippen MR) is 158 cm³/mol. The van der Waals surface area contributed by atoms with Gasteiger partial charge in [0.2, 0.25) is 11.9 Å². The van der Waals surface area contributed by atoms with E-state index >= 15 is 0 Å². The Hall–Kier alpha value is -3.56. The molecule has 2 aromatic carbocycles. The van der Waals surface area contributed by atoms with Gasteiger partial charge in [-0.25, -0.2) is 0 Å². The molecule has 3 heterocycles. The summed E-state index contributed by atoms with van der Waals surface area (Å²) in [7, 11) is 2.13. The van der Waals surface area contributed by atoms with Gasteiger partial charge in [0.05, 0.1) is 6.54 Å². The van der Waals surface area contributed by atoms with E-state index in [1.165, 1.54) is 17.3 Å². The molecule has 1 aromatic heterocycles. The molecule has 0 spiro atoms. The van der Waals surface area contributed by atoms with Crippen LogP contribution in [0.4, 0.5) is 11.9 Å². The molecule has 1 fully saturated rings. The smallest absolute Gasteiger partial charge is 0.234 e. The molecule has 3 aromatic rings. The Kier molecular flexibility index (Phi) is 8.09. The summed E-state index contributed by atoms with van der Waals surface area (Å²) in [4.78, 5) is 37.1. The second-order valence-corrected chi connectivity index (χ2v) is 12.0. The van der Waals surface area contributed by atoms with Crippen LogP contribution in [0.5, 0.6) is 0 Å². The van der Waals surface area contributed by atoms with Gasteiger partial charge in [0.1, 0.15) is 5.84 Å². The van der Waals surface area contributed by atoms with Gasteiger partial charge in [-0.3, -0.25) is 9.79 Å². The van der Waals surface area contributed by atoms with Crippen LogP contribution in [0.3, 0.4) is 0 Å². The third-order valence-corrected chi connectivity index (χ3v) is 7.79. The van der Waals surface area contributed by atoms with Gasteiger partial charge in [-0.15, -0.1) is 0 Å². The van der Waals surface area contributed by atoms with Crippen molar-refractivity contribution in [2.75, 3.05) is 50.0 Å². The van der Waals surface area contributed by atoms with E-state index < -0.39 is 0 Å². The van der Waals surface area contributed by atoms with E-state index in [1.54, 1.807) is 0 Å². The number of piperazine rings is 1. The molecule has 0 aliphatic carbocycles. The highest BCUT2D eigenvalue weighted by atomic mass is 32.2. The number of nitrogens with zero attached hydrogens (tertiary/aromatic N) is 6. The van der Waals surface area contributed by atoms with Crippen LogP contribution < -0.4 is 10.2 Å². The molecule has 0 saturated carbocycles. The van der Waals surface area contributed by atoms with E-state index in [1.807, 2.05) is 54.6 Å². The number of anilines is 2. The SMILES string of the molecule is CN1CCN(c2nc(NC3=NCC(C(C)(C)C)=C3)nc(Sc3ccc(CC(=O)c4ccccc4)cc3)n2)CC1. The van der Waals surface area contributed by atoms with Crippen molar-refractivity contribution in [2.24, 2.45) is 10.4 Å². The van der Waals surface area contributed by atoms with E-state index in [2.05, 4.69) is 54.0 Å². The van der Waals surface area contributed by atoms with E-state index in [-0.39, 0.29) is 11.2 Å². The number of benzene rings is 2. The molecule has 1 N–H and O–H groups in total. The molecule has 2 aliphatic rings. The Morgan fingerprint density at radius 3 is 2.33 bits per heavy atom. The van der Waals surface area contributed by atoms with Crippen LogP contribution in [0.25, 0.3) is 0 Å². The van der Waals surface area contributed by atoms with E-state index in [0.29, 0.717) is 30.0 Å². The van der Waals surface area contributed by atoms with Crippen LogP contribution in [0.15, 0.2) is 81.3 Å². The summed E-state index contributed by atoms with van der Waals surface area (Å²) >= 11 is 1.49. The maximum absolute atomic E-state index is 12.6. The van der Waals surface area contributed by atoms with Crippen molar-refractivity contribution in [3.63, 3.8) is 0 Å². The fraction of sp³-hybridized carbons (Fsp3) is 0.367. The van der Waals surface area contributed by atoms with Crippen molar-refractivity contribution in [3.8, 4) is 0 Å². The number of nitrogens with one attached hydrogen (secondary N) is 1. The van der Waals surface area contributed by atoms with Crippen LogP contribution in [-0.2, 0) is 6.42 Å². The molecule has 8 nitrogen and oxygen atoms in total. The normalized spacial score (nSPS) is 16.2. The largest absolute Gasteiger partial charge is 0.338 e. The van der Waals surface area contributed by atoms with E-state index in [0.717, 1.165) is 48.0 Å². The Morgan fingerprint density at radius 1 is 0.949 bits per heavy atom. The number of carbonyl (C=O) groups excluding carboxylic acids is 1. The van der Waals surface area contributed by atoms with Gasteiger partial charge in [0, 0.05) is 43.1 Å². The first kappa shape index (κ1) is 27.0. The summed E-state index contributed by atoms with van der Waals surface area (Å²) < 4.78 is 0. The second-order valence-electron chi connectivity index (χ2n) is 11.0. The number of likely N-dealkylation sites (N-methyl/N-ethyl adjacent to an activating group) is 1. The van der Waals surface area contributed by atoms with Crippen molar-refractivity contribution < 1.29 is 4.79 Å². The molecule has 5 rings (SSSR count). The molecular weight excluding hydrogens is 506 g/mol. The van der Waals surface area contributed by atoms with Gasteiger partial charge in [-0.1, -0.05) is 63.2 Å². The van der Waals surface area contributed by atoms with Gasteiger partial charge < -0.3 is 15.1 Å². The van der Waals surface area contributed by atoms with Crippen molar-refractivity contribution in [1.82, 2.24) is 19.9 Å². The van der Waals surface area contributed by atoms with Crippen LogP contribution in [0, 0.1) is 5.41 Å². The zero-order valence-corrected chi connectivity index (χ0v) is 23.8. The number of aromatic nitrogens is 3. The molecule has 39 heavy (non-hydrogen) atoms. The minimum absolute atomic E-state index is 0.0654. The van der Waals surface area contributed by atoms with Crippen molar-refractivity contribution >= 4 is 35.3 Å². The number of hydrogen-bond acceptors (Lipinski definition) is 9. The maximum Gasteiger partial charge on any atom is 0.234 e. The molecule has 0 atom stereocenters. The lowest BCUT2D eigenvalue weighted by atomic mass is 9.87. The molecule has 0 amide bonds. The van der Waals surface area contributed by atoms with Crippen LogP contribution in [0.1, 0.15) is 36.7 Å². The molecule has 0 unspecified atom stereocenters. The predicted octanol–water partition coefficient (Wildman–Crippen LogP) is 5.00. The molecule has 1 saturated heterocycles. The van der Waals surface area contributed by atoms with Gasteiger partial charge in [0.25, 0.3) is 0 Å². The summed E-state index contributed by atoms with van der Waals surface area (Å²) in [6, 6.07) is 17.4. The molecule has 2 aliphatic heterocycles. The zero-order chi connectivity index (χ0) is 27.4.